The first-order chi connectivity index (χ1) is 16.1. The number of sulfone groups is 1. The number of benzene rings is 2. The van der Waals surface area contributed by atoms with E-state index in [0.29, 0.717) is 32.0 Å². The average molecular weight is 528 g/mol. The molecule has 2 N–H and O–H groups in total. The summed E-state index contributed by atoms with van der Waals surface area (Å²) < 4.78 is 57.9. The van der Waals surface area contributed by atoms with Gasteiger partial charge in [0.05, 0.1) is 35.1 Å². The van der Waals surface area contributed by atoms with E-state index < -0.39 is 31.1 Å². The van der Waals surface area contributed by atoms with Gasteiger partial charge in [-0.1, -0.05) is 17.7 Å². The zero-order valence-electron chi connectivity index (χ0n) is 18.5. The van der Waals surface area contributed by atoms with Crippen LogP contribution in [0.4, 0.5) is 11.4 Å². The predicted octanol–water partition coefficient (Wildman–Crippen LogP) is 2.97. The molecule has 1 aliphatic heterocycles. The fourth-order valence-electron chi connectivity index (χ4n) is 3.40. The van der Waals surface area contributed by atoms with Crippen LogP contribution in [0.1, 0.15) is 17.3 Å². The lowest BCUT2D eigenvalue weighted by molar-refractivity contribution is 0.0374. The Balaban J connectivity index is 1.80. The molecular formula is C22H26ClN3O6S2. The molecule has 2 aromatic carbocycles. The van der Waals surface area contributed by atoms with Gasteiger partial charge in [0.2, 0.25) is 10.0 Å². The van der Waals surface area contributed by atoms with E-state index in [1.807, 2.05) is 0 Å². The zero-order chi connectivity index (χ0) is 24.9. The molecule has 0 aromatic heterocycles. The van der Waals surface area contributed by atoms with Gasteiger partial charge in [-0.2, -0.15) is 0 Å². The number of halogens is 1. The molecule has 3 rings (SSSR count). The van der Waals surface area contributed by atoms with Crippen molar-refractivity contribution < 1.29 is 26.4 Å². The molecular weight excluding hydrogens is 502 g/mol. The van der Waals surface area contributed by atoms with Crippen molar-refractivity contribution in [3.05, 3.63) is 65.7 Å². The van der Waals surface area contributed by atoms with Crippen molar-refractivity contribution in [1.29, 1.82) is 0 Å². The van der Waals surface area contributed by atoms with Gasteiger partial charge >= 0.3 is 0 Å². The summed E-state index contributed by atoms with van der Waals surface area (Å²) >= 11 is 6.00. The summed E-state index contributed by atoms with van der Waals surface area (Å²) in [5.41, 5.74) is 0.442. The number of amides is 1. The average Bonchev–Trinajstić information content (AvgIpc) is 2.81. The molecule has 0 radical (unpaired) electrons. The maximum atomic E-state index is 13.1. The Hall–Kier alpha value is -2.44. The van der Waals surface area contributed by atoms with Crippen LogP contribution in [0.15, 0.2) is 60.0 Å². The quantitative estimate of drug-likeness (QED) is 0.481. The number of hydrogen-bond acceptors (Lipinski definition) is 7. The number of rotatable bonds is 9. The molecule has 0 saturated carbocycles. The maximum absolute atomic E-state index is 13.1. The molecule has 9 nitrogen and oxygen atoms in total. The van der Waals surface area contributed by atoms with Crippen molar-refractivity contribution in [2.24, 2.45) is 0 Å². The van der Waals surface area contributed by atoms with Gasteiger partial charge in [-0.25, -0.2) is 16.8 Å². The van der Waals surface area contributed by atoms with Crippen LogP contribution in [-0.2, 0) is 24.6 Å². The molecule has 1 unspecified atom stereocenters. The Morgan fingerprint density at radius 3 is 2.38 bits per heavy atom. The molecule has 1 saturated heterocycles. The first-order valence-corrected chi connectivity index (χ1v) is 14.0. The van der Waals surface area contributed by atoms with Gasteiger partial charge < -0.3 is 10.1 Å². The second-order valence-corrected chi connectivity index (χ2v) is 12.0. The largest absolute Gasteiger partial charge is 0.379 e. The predicted molar refractivity (Wildman–Crippen MR) is 132 cm³/mol. The van der Waals surface area contributed by atoms with Crippen LogP contribution < -0.4 is 10.0 Å². The SMILES string of the molecule is C=CC(N1CCOCC1)S(=O)(=O)c1ccc(NC(=O)c2cc(Cl)ccc2NS(=O)(=O)CC)cc1. The van der Waals surface area contributed by atoms with E-state index in [9.17, 15) is 21.6 Å². The fourth-order valence-corrected chi connectivity index (χ4v) is 5.88. The molecule has 2 aromatic rings. The molecule has 184 valence electrons. The Kier molecular flexibility index (Phi) is 8.37. The third-order valence-electron chi connectivity index (χ3n) is 5.24. The van der Waals surface area contributed by atoms with E-state index in [-0.39, 0.29) is 26.9 Å². The highest BCUT2D eigenvalue weighted by molar-refractivity contribution is 7.92. The van der Waals surface area contributed by atoms with Crippen LogP contribution in [0, 0.1) is 0 Å². The number of carbonyl (C=O) groups is 1. The summed E-state index contributed by atoms with van der Waals surface area (Å²) in [7, 11) is -7.35. The van der Waals surface area contributed by atoms with Gasteiger partial charge in [-0.15, -0.1) is 6.58 Å². The highest BCUT2D eigenvalue weighted by atomic mass is 35.5. The van der Waals surface area contributed by atoms with Crippen molar-refractivity contribution in [2.75, 3.05) is 42.1 Å². The van der Waals surface area contributed by atoms with Crippen molar-refractivity contribution in [3.8, 4) is 0 Å². The van der Waals surface area contributed by atoms with Gasteiger partial charge in [-0.3, -0.25) is 14.4 Å². The fraction of sp³-hybridized carbons (Fsp3) is 0.318. The van der Waals surface area contributed by atoms with Crippen molar-refractivity contribution >= 4 is 48.7 Å². The molecule has 1 aliphatic rings. The monoisotopic (exact) mass is 527 g/mol. The summed E-state index contributed by atoms with van der Waals surface area (Å²) in [6.07, 6.45) is 1.40. The van der Waals surface area contributed by atoms with E-state index in [0.717, 1.165) is 0 Å². The highest BCUT2D eigenvalue weighted by Gasteiger charge is 2.31. The number of anilines is 2. The van der Waals surface area contributed by atoms with Crippen LogP contribution in [-0.4, -0.2) is 65.1 Å². The third-order valence-corrected chi connectivity index (χ3v) is 8.82. The van der Waals surface area contributed by atoms with Crippen LogP contribution in [0.3, 0.4) is 0 Å². The van der Waals surface area contributed by atoms with Crippen LogP contribution in [0.2, 0.25) is 5.02 Å². The van der Waals surface area contributed by atoms with Crippen LogP contribution in [0.5, 0.6) is 0 Å². The van der Waals surface area contributed by atoms with Crippen LogP contribution in [0.25, 0.3) is 0 Å². The molecule has 0 bridgehead atoms. The summed E-state index contributed by atoms with van der Waals surface area (Å²) in [5, 5.41) is 2.00. The number of sulfonamides is 1. The van der Waals surface area contributed by atoms with E-state index >= 15 is 0 Å². The minimum atomic E-state index is -3.74. The third kappa shape index (κ3) is 6.16. The number of hydrogen-bond donors (Lipinski definition) is 2. The standard InChI is InChI=1S/C22H26ClN3O6S2/c1-3-21(26-11-13-32-14-12-26)34(30,31)18-8-6-17(7-9-18)24-22(27)19-15-16(23)5-10-20(19)25-33(28,29)4-2/h3,5-10,15,21,25H,1,4,11-14H2,2H3,(H,24,27). The number of carbonyl (C=O) groups excluding carboxylic acids is 1. The van der Waals surface area contributed by atoms with Crippen molar-refractivity contribution in [3.63, 3.8) is 0 Å². The summed E-state index contributed by atoms with van der Waals surface area (Å²) in [6.45, 7) is 7.02. The first kappa shape index (κ1) is 26.2. The zero-order valence-corrected chi connectivity index (χ0v) is 20.9. The lowest BCUT2D eigenvalue weighted by atomic mass is 10.1. The second kappa shape index (κ2) is 10.9. The summed E-state index contributed by atoms with van der Waals surface area (Å²) in [4.78, 5) is 14.7. The molecule has 1 heterocycles. The molecule has 1 fully saturated rings. The lowest BCUT2D eigenvalue weighted by Gasteiger charge is -2.32. The number of morpholine rings is 1. The Labute approximate surface area is 204 Å². The molecule has 1 atom stereocenters. The minimum Gasteiger partial charge on any atom is -0.379 e. The van der Waals surface area contributed by atoms with Crippen molar-refractivity contribution in [2.45, 2.75) is 17.2 Å². The van der Waals surface area contributed by atoms with Gasteiger partial charge in [0.25, 0.3) is 5.91 Å². The van der Waals surface area contributed by atoms with Crippen LogP contribution >= 0.6 is 11.6 Å². The van der Waals surface area contributed by atoms with Gasteiger partial charge in [0, 0.05) is 23.8 Å². The van der Waals surface area contributed by atoms with E-state index in [1.165, 1.54) is 55.5 Å². The van der Waals surface area contributed by atoms with Gasteiger partial charge in [-0.05, 0) is 49.4 Å². The number of ether oxygens (including phenoxy) is 1. The van der Waals surface area contributed by atoms with Gasteiger partial charge in [0.1, 0.15) is 5.37 Å². The number of nitrogens with zero attached hydrogens (tertiary/aromatic N) is 1. The van der Waals surface area contributed by atoms with E-state index in [2.05, 4.69) is 16.6 Å². The van der Waals surface area contributed by atoms with E-state index in [1.54, 1.807) is 4.90 Å². The molecule has 0 spiro atoms. The minimum absolute atomic E-state index is 0.0280. The summed E-state index contributed by atoms with van der Waals surface area (Å²) in [6, 6.07) is 9.95. The normalized spacial score (nSPS) is 15.9. The summed E-state index contributed by atoms with van der Waals surface area (Å²) in [5.74, 6) is -0.771. The Bertz CT molecular complexity index is 1260. The topological polar surface area (TPSA) is 122 Å². The highest BCUT2D eigenvalue weighted by Crippen LogP contribution is 2.25. The Morgan fingerprint density at radius 1 is 1.15 bits per heavy atom. The lowest BCUT2D eigenvalue weighted by Crippen LogP contribution is -2.46. The smallest absolute Gasteiger partial charge is 0.257 e. The number of nitrogens with one attached hydrogen (secondary N) is 2. The second-order valence-electron chi connectivity index (χ2n) is 7.49. The maximum Gasteiger partial charge on any atom is 0.257 e. The molecule has 34 heavy (non-hydrogen) atoms. The molecule has 0 aliphatic carbocycles. The van der Waals surface area contributed by atoms with E-state index in [4.69, 9.17) is 16.3 Å². The Morgan fingerprint density at radius 2 is 1.79 bits per heavy atom. The molecule has 1 amide bonds. The molecule has 12 heteroatoms. The van der Waals surface area contributed by atoms with Gasteiger partial charge in [0.15, 0.2) is 9.84 Å². The first-order valence-electron chi connectivity index (χ1n) is 10.5. The van der Waals surface area contributed by atoms with Crippen molar-refractivity contribution in [1.82, 2.24) is 4.90 Å².